The second-order valence-corrected chi connectivity index (χ2v) is 31.0. The normalized spacial score (nSPS) is 16.3. The molecule has 5 atom stereocenters. The fourth-order valence-electron chi connectivity index (χ4n) is 14.3. The first-order chi connectivity index (χ1) is 57.1. The Morgan fingerprint density at radius 1 is 0.529 bits per heavy atom. The highest BCUT2D eigenvalue weighted by Crippen LogP contribution is 2.42. The van der Waals surface area contributed by atoms with Gasteiger partial charge in [-0.15, -0.1) is 11.6 Å². The molecule has 0 aromatic heterocycles. The van der Waals surface area contributed by atoms with Gasteiger partial charge in [0.2, 0.25) is 5.91 Å². The molecule has 28 nitrogen and oxygen atoms in total. The van der Waals surface area contributed by atoms with Gasteiger partial charge in [0.15, 0.2) is 11.5 Å². The van der Waals surface area contributed by atoms with E-state index >= 15 is 0 Å². The number of carboxylic acid groups (broad SMARTS) is 1. The molecule has 4 aromatic rings. The van der Waals surface area contributed by atoms with Crippen LogP contribution in [-0.2, 0) is 47.9 Å². The molecule has 0 fully saturated rings. The zero-order valence-electron chi connectivity index (χ0n) is 70.9. The summed E-state index contributed by atoms with van der Waals surface area (Å²) in [6.07, 6.45) is 27.8. The van der Waals surface area contributed by atoms with Crippen LogP contribution in [0.4, 0.5) is 17.1 Å². The molecule has 0 saturated heterocycles. The van der Waals surface area contributed by atoms with Gasteiger partial charge in [0.25, 0.3) is 35.4 Å². The predicted octanol–water partition coefficient (Wildman–Crippen LogP) is 12.5. The second-order valence-electron chi connectivity index (χ2n) is 31.0. The molecule has 10 rings (SSSR count). The van der Waals surface area contributed by atoms with Gasteiger partial charge in [-0.2, -0.15) is 0 Å². The number of nitrogens with one attached hydrogen (secondary N) is 1. The van der Waals surface area contributed by atoms with Crippen LogP contribution in [0, 0.1) is 18.8 Å². The number of methoxy groups -OCH3 is 3. The smallest absolute Gasteiger partial charge is 0.322 e. The van der Waals surface area contributed by atoms with Crippen LogP contribution in [-0.4, -0.2) is 251 Å². The number of halogens is 1. The molecular weight excluding hydrogens is 1540 g/mol. The molecular formula is C90H120ClN11O17. The summed E-state index contributed by atoms with van der Waals surface area (Å²) in [4.78, 5) is 157. The topological polar surface area (TPSA) is 340 Å². The number of aliphatic imine (C=N–C) groups is 2. The number of carboxylic acids is 1. The Balaban J connectivity index is 0.000000390. The number of nitrogens with zero attached hydrogens (tertiary/aromatic N) is 9. The van der Waals surface area contributed by atoms with Crippen molar-refractivity contribution in [3.63, 3.8) is 0 Å². The number of fused-ring (bicyclic) bond motifs is 4. The zero-order valence-corrected chi connectivity index (χ0v) is 71.7. The lowest BCUT2D eigenvalue weighted by molar-refractivity contribution is -0.144. The molecule has 6 heterocycles. The number of nitrogens with two attached hydrogens (primary N) is 1. The van der Waals surface area contributed by atoms with Gasteiger partial charge in [-0.3, -0.25) is 72.5 Å². The molecule has 0 bridgehead atoms. The quantitative estimate of drug-likeness (QED) is 0.0160. The number of rotatable bonds is 45. The Labute approximate surface area is 704 Å². The van der Waals surface area contributed by atoms with E-state index in [0.717, 1.165) is 98.2 Å². The highest BCUT2D eigenvalue weighted by Gasteiger charge is 2.36. The van der Waals surface area contributed by atoms with Crippen molar-refractivity contribution in [3.8, 4) is 23.0 Å². The van der Waals surface area contributed by atoms with E-state index in [1.165, 1.54) is 54.7 Å². The Kier molecular flexibility index (Phi) is 39.5. The first-order valence-corrected chi connectivity index (χ1v) is 41.7. The van der Waals surface area contributed by atoms with Crippen molar-refractivity contribution in [2.75, 3.05) is 121 Å². The molecule has 1 unspecified atom stereocenters. The molecule has 644 valence electrons. The van der Waals surface area contributed by atoms with Crippen LogP contribution in [0.25, 0.3) is 11.1 Å². The first-order valence-electron chi connectivity index (χ1n) is 41.0. The predicted molar refractivity (Wildman–Crippen MR) is 461 cm³/mol. The molecule has 0 radical (unpaired) electrons. The van der Waals surface area contributed by atoms with Gasteiger partial charge < -0.3 is 64.3 Å². The lowest BCUT2D eigenvalue weighted by atomic mass is 9.93. The summed E-state index contributed by atoms with van der Waals surface area (Å²) in [5.74, 6) is -1.77. The minimum atomic E-state index is -0.901. The van der Waals surface area contributed by atoms with E-state index in [0.29, 0.717) is 155 Å². The number of hydrogen-bond acceptors (Lipinski definition) is 22. The number of esters is 1. The number of aryl methyl sites for hydroxylation is 1. The van der Waals surface area contributed by atoms with Crippen LogP contribution in [0.5, 0.6) is 23.0 Å². The van der Waals surface area contributed by atoms with E-state index in [4.69, 9.17) is 34.7 Å². The highest BCUT2D eigenvalue weighted by atomic mass is 35.5. The molecule has 7 amide bonds. The summed E-state index contributed by atoms with van der Waals surface area (Å²) < 4.78 is 27.9. The van der Waals surface area contributed by atoms with E-state index in [9.17, 15) is 57.8 Å². The average molecular weight is 1660 g/mol. The highest BCUT2D eigenvalue weighted by molar-refractivity contribution is 6.15. The number of amides is 7. The number of benzene rings is 4. The summed E-state index contributed by atoms with van der Waals surface area (Å²) in [6.45, 7) is 6.08. The van der Waals surface area contributed by atoms with Crippen molar-refractivity contribution in [2.45, 2.75) is 166 Å². The third-order valence-corrected chi connectivity index (χ3v) is 21.1. The first kappa shape index (κ1) is 95.6. The number of alkyl halides is 1. The number of aliphatic carboxylic acids is 1. The van der Waals surface area contributed by atoms with E-state index in [-0.39, 0.29) is 83.8 Å². The van der Waals surface area contributed by atoms with E-state index in [1.807, 2.05) is 128 Å². The maximum Gasteiger partial charge on any atom is 0.322 e. The number of anilines is 1. The molecule has 0 saturated carbocycles. The maximum atomic E-state index is 14.2. The van der Waals surface area contributed by atoms with Crippen LogP contribution >= 0.6 is 11.6 Å². The average Bonchev–Trinajstić information content (AvgIpc) is 1.64. The Morgan fingerprint density at radius 2 is 0.966 bits per heavy atom. The van der Waals surface area contributed by atoms with Gasteiger partial charge in [0.05, 0.1) is 75.0 Å². The largest absolute Gasteiger partial charge is 0.497 e. The summed E-state index contributed by atoms with van der Waals surface area (Å²) in [5.41, 5.74) is 12.9. The lowest BCUT2D eigenvalue weighted by Crippen LogP contribution is -2.32. The maximum absolute atomic E-state index is 14.2. The standard InChI is InChI=1S/C61H67N7O10.C19H30N2O5.C9H20N2O2.CH3Cl/c1-39-28-50-52(62-35-46-30-44(38-67(46)60(50)73)41-16-20-49(75-4)21-17-41)33-54(39)77-26-11-27-78-56-34-53-51(32-55(56)76-5)61(74)68-37-43(29-47(68)36-63-53)40-14-18-45(19-15-40)64-59(72)42(12-8-10-24-65(2)3)31-48(69)13-7-6-9-25-66-57(70)22-23-58(66)71;1-20(2)12-7-5-8-15(19(25)26)14-16(22)9-4-3-6-13-21-17(23)10-11-18(21)24;1-11(2)7-5-4-6-8(10)9(12)13-3;1-2/h14-23,28,32-38,42,46-47H,6-13,24-27,29-31H2,1-5H3,(H,64,72);10-11,15H,3-9,12-14H2,1-2H3,(H,25,26);8H,4-7,10H2,1-3H3;1H3/t42-,46+,47+;;8-;/m1.0./s1. The summed E-state index contributed by atoms with van der Waals surface area (Å²) >= 11 is 4.64. The molecule has 4 aromatic carbocycles. The van der Waals surface area contributed by atoms with Crippen LogP contribution < -0.4 is 30.0 Å². The van der Waals surface area contributed by atoms with E-state index < -0.39 is 23.8 Å². The summed E-state index contributed by atoms with van der Waals surface area (Å²) in [6, 6.07) is 21.4. The summed E-state index contributed by atoms with van der Waals surface area (Å²) in [7, 11) is 16.6. The van der Waals surface area contributed by atoms with Gasteiger partial charge in [-0.1, -0.05) is 56.4 Å². The van der Waals surface area contributed by atoms with Crippen molar-refractivity contribution in [1.82, 2.24) is 34.3 Å². The number of hydrogen-bond donors (Lipinski definition) is 3. The number of ketones is 2. The Bertz CT molecular complexity index is 4310. The van der Waals surface area contributed by atoms with Crippen molar-refractivity contribution < 1.29 is 81.5 Å². The fraction of sp³-hybridized carbons (Fsp3) is 0.500. The van der Waals surface area contributed by atoms with Crippen LogP contribution in [0.2, 0.25) is 0 Å². The Morgan fingerprint density at radius 3 is 1.42 bits per heavy atom. The molecule has 6 aliphatic heterocycles. The van der Waals surface area contributed by atoms with Crippen molar-refractivity contribution in [2.24, 2.45) is 27.6 Å². The molecule has 6 aliphatic rings. The molecule has 0 spiro atoms. The summed E-state index contributed by atoms with van der Waals surface area (Å²) in [5, 5.41) is 12.3. The van der Waals surface area contributed by atoms with Gasteiger partial charge >= 0.3 is 11.9 Å². The number of unbranched alkanes of at least 4 members (excludes halogenated alkanes) is 7. The molecule has 29 heteroatoms. The third-order valence-electron chi connectivity index (χ3n) is 21.1. The van der Waals surface area contributed by atoms with Gasteiger partial charge in [0, 0.05) is 137 Å². The van der Waals surface area contributed by atoms with E-state index in [1.54, 1.807) is 35.3 Å². The van der Waals surface area contributed by atoms with Gasteiger partial charge in [-0.05, 0) is 197 Å². The molecule has 119 heavy (non-hydrogen) atoms. The Hall–Kier alpha value is -10.5. The monoisotopic (exact) mass is 1660 g/mol. The zero-order chi connectivity index (χ0) is 86.7. The van der Waals surface area contributed by atoms with Crippen molar-refractivity contribution >= 4 is 117 Å². The van der Waals surface area contributed by atoms with Gasteiger partial charge in [-0.25, -0.2) is 0 Å². The molecule has 0 aliphatic carbocycles. The third kappa shape index (κ3) is 29.8. The molecule has 4 N–H and O–H groups in total. The number of ether oxygens (including phenoxy) is 5. The minimum Gasteiger partial charge on any atom is -0.497 e. The van der Waals surface area contributed by atoms with Crippen LogP contribution in [0.3, 0.4) is 0 Å². The van der Waals surface area contributed by atoms with Crippen LogP contribution in [0.15, 0.2) is 119 Å². The lowest BCUT2D eigenvalue weighted by Gasteiger charge is -2.19. The number of Topliss-reactive ketones (excluding diaryl/α,β-unsaturated/α-hetero) is 2. The van der Waals surface area contributed by atoms with Crippen LogP contribution in [0.1, 0.15) is 179 Å². The number of carbonyl (C=O) groups excluding carboxylic acids is 10. The van der Waals surface area contributed by atoms with E-state index in [2.05, 4.69) is 36.4 Å². The second kappa shape index (κ2) is 49.1. The van der Waals surface area contributed by atoms with Crippen molar-refractivity contribution in [1.29, 1.82) is 0 Å². The number of carbonyl (C=O) groups is 11. The van der Waals surface area contributed by atoms with Gasteiger partial charge in [0.1, 0.15) is 29.1 Å². The minimum absolute atomic E-state index is 0.0184. The number of imide groups is 2. The SMILES string of the molecule is CCl.CN(C)CCCCC(CC(=O)CCCCCN1C(=O)C=CC1=O)C(=O)O.COC(=O)[C@@H](N)CCCCN(C)C.COc1ccc(C2=CN3C(=O)c4cc(C)c(OCCCOc5cc6c(cc5OC)C(=O)N5C=C(c7ccc(NC(=O)[C@H](CCCCN(C)C)CC(=O)CCCCCN8C(=O)C=CC8=O)cc7)C[C@H]5C=N6)cc4N=C[C@@H]3C2)cc1. The fourth-order valence-corrected chi connectivity index (χ4v) is 14.3. The van der Waals surface area contributed by atoms with Crippen molar-refractivity contribution in [3.05, 3.63) is 137 Å².